The van der Waals surface area contributed by atoms with Crippen molar-refractivity contribution in [1.82, 2.24) is 0 Å². The molecule has 0 aromatic heterocycles. The number of aliphatic imine (C=N–C) groups is 1. The summed E-state index contributed by atoms with van der Waals surface area (Å²) in [4.78, 5) is 16.6. The van der Waals surface area contributed by atoms with Crippen LogP contribution in [-0.4, -0.2) is 51.8 Å². The van der Waals surface area contributed by atoms with Crippen molar-refractivity contribution in [3.63, 3.8) is 0 Å². The Morgan fingerprint density at radius 1 is 1.33 bits per heavy atom. The van der Waals surface area contributed by atoms with Gasteiger partial charge in [-0.15, -0.1) is 0 Å². The summed E-state index contributed by atoms with van der Waals surface area (Å²) < 4.78 is 15.4. The molecule has 134 valence electrons. The number of esters is 1. The number of allylic oxidation sites excluding steroid dienone is 1. The minimum atomic E-state index is -0.847. The highest BCUT2D eigenvalue weighted by Gasteiger charge is 2.26. The van der Waals surface area contributed by atoms with Crippen molar-refractivity contribution in [2.75, 3.05) is 40.1 Å². The Bertz CT molecular complexity index is 480. The Hall–Kier alpha value is -1.71. The molecular weight excluding hydrogens is 308 g/mol. The van der Waals surface area contributed by atoms with Gasteiger partial charge in [0.25, 0.3) is 0 Å². The van der Waals surface area contributed by atoms with E-state index < -0.39 is 11.9 Å². The average molecular weight is 336 g/mol. The molecule has 0 spiro atoms. The summed E-state index contributed by atoms with van der Waals surface area (Å²) in [5.74, 6) is -1.34. The molecule has 0 aromatic carbocycles. The van der Waals surface area contributed by atoms with E-state index in [1.54, 1.807) is 7.11 Å². The zero-order chi connectivity index (χ0) is 17.6. The molecule has 0 N–H and O–H groups in total. The highest BCUT2D eigenvalue weighted by molar-refractivity contribution is 5.97. The zero-order valence-corrected chi connectivity index (χ0v) is 14.8. The molecule has 0 radical (unpaired) electrons. The van der Waals surface area contributed by atoms with Crippen LogP contribution in [0, 0.1) is 17.2 Å². The molecule has 1 unspecified atom stereocenters. The van der Waals surface area contributed by atoms with Gasteiger partial charge in [-0.1, -0.05) is 6.92 Å². The largest absolute Gasteiger partial charge is 0.462 e. The number of rotatable bonds is 11. The lowest BCUT2D eigenvalue weighted by molar-refractivity contribution is -0.147. The minimum Gasteiger partial charge on any atom is -0.462 e. The van der Waals surface area contributed by atoms with Crippen LogP contribution in [0.1, 0.15) is 39.0 Å². The van der Waals surface area contributed by atoms with Gasteiger partial charge in [0, 0.05) is 32.6 Å². The molecule has 24 heavy (non-hydrogen) atoms. The van der Waals surface area contributed by atoms with Crippen LogP contribution in [0.2, 0.25) is 0 Å². The third-order valence-electron chi connectivity index (χ3n) is 3.63. The SMILES string of the molecule is CCCOCCOC(=O)C(C#N)C1=CC(=NCCCOC)CCC1. The van der Waals surface area contributed by atoms with Crippen molar-refractivity contribution in [1.29, 1.82) is 5.26 Å². The van der Waals surface area contributed by atoms with E-state index in [0.717, 1.165) is 43.4 Å². The first kappa shape index (κ1) is 20.3. The quantitative estimate of drug-likeness (QED) is 0.428. The van der Waals surface area contributed by atoms with Crippen LogP contribution in [0.15, 0.2) is 16.6 Å². The highest BCUT2D eigenvalue weighted by Crippen LogP contribution is 2.24. The van der Waals surface area contributed by atoms with Gasteiger partial charge in [-0.2, -0.15) is 5.26 Å². The van der Waals surface area contributed by atoms with Gasteiger partial charge in [0.15, 0.2) is 5.92 Å². The van der Waals surface area contributed by atoms with Crippen LogP contribution < -0.4 is 0 Å². The van der Waals surface area contributed by atoms with E-state index in [4.69, 9.17) is 14.2 Å². The first-order valence-corrected chi connectivity index (χ1v) is 8.59. The first-order chi connectivity index (χ1) is 11.7. The molecule has 1 aliphatic rings. The molecule has 0 aliphatic heterocycles. The number of methoxy groups -OCH3 is 1. The number of ether oxygens (including phenoxy) is 3. The van der Waals surface area contributed by atoms with E-state index in [2.05, 4.69) is 11.1 Å². The lowest BCUT2D eigenvalue weighted by atomic mass is 9.89. The van der Waals surface area contributed by atoms with Crippen LogP contribution in [0.3, 0.4) is 0 Å². The van der Waals surface area contributed by atoms with Gasteiger partial charge in [-0.25, -0.2) is 0 Å². The predicted octanol–water partition coefficient (Wildman–Crippen LogP) is 2.68. The Labute approximate surface area is 144 Å². The highest BCUT2D eigenvalue weighted by atomic mass is 16.6. The summed E-state index contributed by atoms with van der Waals surface area (Å²) in [7, 11) is 1.67. The smallest absolute Gasteiger partial charge is 0.327 e. The van der Waals surface area contributed by atoms with E-state index in [0.29, 0.717) is 26.4 Å². The Morgan fingerprint density at radius 3 is 2.88 bits per heavy atom. The number of nitriles is 1. The average Bonchev–Trinajstić information content (AvgIpc) is 2.60. The first-order valence-electron chi connectivity index (χ1n) is 8.59. The summed E-state index contributed by atoms with van der Waals surface area (Å²) in [6.07, 6.45) is 6.20. The molecule has 6 nitrogen and oxygen atoms in total. The molecule has 0 heterocycles. The zero-order valence-electron chi connectivity index (χ0n) is 14.8. The van der Waals surface area contributed by atoms with Crippen LogP contribution >= 0.6 is 0 Å². The summed E-state index contributed by atoms with van der Waals surface area (Å²) in [6, 6.07) is 2.06. The van der Waals surface area contributed by atoms with E-state index in [1.807, 2.05) is 13.0 Å². The van der Waals surface area contributed by atoms with Gasteiger partial charge in [0.1, 0.15) is 6.61 Å². The summed E-state index contributed by atoms with van der Waals surface area (Å²) in [5, 5.41) is 9.34. The number of hydrogen-bond donors (Lipinski definition) is 0. The molecule has 1 aliphatic carbocycles. The second kappa shape index (κ2) is 12.7. The summed E-state index contributed by atoms with van der Waals surface area (Å²) in [6.45, 7) is 4.59. The molecule has 1 rings (SSSR count). The minimum absolute atomic E-state index is 0.183. The van der Waals surface area contributed by atoms with Gasteiger partial charge < -0.3 is 14.2 Å². The van der Waals surface area contributed by atoms with Crippen LogP contribution in [0.4, 0.5) is 0 Å². The van der Waals surface area contributed by atoms with E-state index in [9.17, 15) is 10.1 Å². The van der Waals surface area contributed by atoms with Gasteiger partial charge >= 0.3 is 5.97 Å². The van der Waals surface area contributed by atoms with Gasteiger partial charge in [-0.05, 0) is 43.8 Å². The van der Waals surface area contributed by atoms with E-state index >= 15 is 0 Å². The fourth-order valence-corrected chi connectivity index (χ4v) is 2.43. The van der Waals surface area contributed by atoms with Crippen molar-refractivity contribution < 1.29 is 19.0 Å². The maximum Gasteiger partial charge on any atom is 0.327 e. The lowest BCUT2D eigenvalue weighted by Gasteiger charge is -2.18. The number of nitrogens with zero attached hydrogens (tertiary/aromatic N) is 2. The molecule has 0 aromatic rings. The number of carbonyl (C=O) groups is 1. The fraction of sp³-hybridized carbons (Fsp3) is 0.722. The van der Waals surface area contributed by atoms with Crippen molar-refractivity contribution >= 4 is 11.7 Å². The van der Waals surface area contributed by atoms with E-state index in [-0.39, 0.29) is 6.61 Å². The summed E-state index contributed by atoms with van der Waals surface area (Å²) >= 11 is 0. The summed E-state index contributed by atoms with van der Waals surface area (Å²) in [5.41, 5.74) is 1.75. The normalized spacial score (nSPS) is 17.2. The van der Waals surface area contributed by atoms with Crippen molar-refractivity contribution in [3.8, 4) is 6.07 Å². The molecule has 1 atom stereocenters. The standard InChI is InChI=1S/C18H28N2O4/c1-3-9-23-11-12-24-18(21)17(14-19)15-6-4-7-16(13-15)20-8-5-10-22-2/h13,17H,3-12H2,1-2H3. The molecule has 0 fully saturated rings. The van der Waals surface area contributed by atoms with Gasteiger partial charge in [0.05, 0.1) is 12.7 Å². The van der Waals surface area contributed by atoms with Gasteiger partial charge in [0.2, 0.25) is 0 Å². The maximum atomic E-state index is 12.1. The van der Waals surface area contributed by atoms with Crippen LogP contribution in [0.5, 0.6) is 0 Å². The molecule has 6 heteroatoms. The molecular formula is C18H28N2O4. The Morgan fingerprint density at radius 2 is 2.17 bits per heavy atom. The third-order valence-corrected chi connectivity index (χ3v) is 3.63. The van der Waals surface area contributed by atoms with Crippen molar-refractivity contribution in [2.24, 2.45) is 10.9 Å². The molecule has 0 saturated heterocycles. The second-order valence-corrected chi connectivity index (χ2v) is 5.63. The maximum absolute atomic E-state index is 12.1. The lowest BCUT2D eigenvalue weighted by Crippen LogP contribution is -2.22. The molecule has 0 bridgehead atoms. The second-order valence-electron chi connectivity index (χ2n) is 5.63. The molecule has 0 amide bonds. The monoisotopic (exact) mass is 336 g/mol. The fourth-order valence-electron chi connectivity index (χ4n) is 2.43. The van der Waals surface area contributed by atoms with Gasteiger partial charge in [-0.3, -0.25) is 9.79 Å². The van der Waals surface area contributed by atoms with Crippen LogP contribution in [0.25, 0.3) is 0 Å². The Kier molecular flexibility index (Phi) is 10.7. The van der Waals surface area contributed by atoms with Crippen molar-refractivity contribution in [3.05, 3.63) is 11.6 Å². The van der Waals surface area contributed by atoms with Crippen LogP contribution in [-0.2, 0) is 19.0 Å². The van der Waals surface area contributed by atoms with E-state index in [1.165, 1.54) is 0 Å². The topological polar surface area (TPSA) is 80.9 Å². The third kappa shape index (κ3) is 7.71. The molecule has 0 saturated carbocycles. The van der Waals surface area contributed by atoms with Crippen molar-refractivity contribution in [2.45, 2.75) is 39.0 Å². The number of hydrogen-bond acceptors (Lipinski definition) is 6. The Balaban J connectivity index is 2.54. The predicted molar refractivity (Wildman–Crippen MR) is 91.9 cm³/mol. The number of carbonyl (C=O) groups excluding carboxylic acids is 1.